The van der Waals surface area contributed by atoms with Crippen molar-refractivity contribution in [3.8, 4) is 0 Å². The van der Waals surface area contributed by atoms with Crippen molar-refractivity contribution in [2.24, 2.45) is 0 Å². The van der Waals surface area contributed by atoms with E-state index in [1.807, 2.05) is 44.2 Å². The fourth-order valence-corrected chi connectivity index (χ4v) is 5.43. The minimum absolute atomic E-state index is 0.191. The van der Waals surface area contributed by atoms with Gasteiger partial charge in [0.05, 0.1) is 27.2 Å². The molecule has 0 fully saturated rings. The Morgan fingerprint density at radius 2 is 1.53 bits per heavy atom. The van der Waals surface area contributed by atoms with Gasteiger partial charge in [-0.2, -0.15) is 0 Å². The smallest absolute Gasteiger partial charge is 0.262 e. The highest BCUT2D eigenvalue weighted by atomic mass is 32.2. The van der Waals surface area contributed by atoms with Gasteiger partial charge in [-0.15, -0.1) is 0 Å². The third-order valence-corrected chi connectivity index (χ3v) is 7.24. The first kappa shape index (κ1) is 21.6. The zero-order chi connectivity index (χ0) is 23.0. The fraction of sp³-hybridized carbons (Fsp3) is 0.167. The van der Waals surface area contributed by atoms with Crippen LogP contribution in [-0.2, 0) is 10.0 Å². The van der Waals surface area contributed by atoms with E-state index in [4.69, 9.17) is 0 Å². The van der Waals surface area contributed by atoms with Crippen LogP contribution in [0.5, 0.6) is 0 Å². The summed E-state index contributed by atoms with van der Waals surface area (Å²) in [7, 11) is -3.92. The van der Waals surface area contributed by atoms with E-state index >= 15 is 0 Å². The Morgan fingerprint density at radius 1 is 0.906 bits per heavy atom. The molecule has 0 radical (unpaired) electrons. The standard InChI is InChI=1S/C24H24N4O3S/c1-14-13-15(2)17(4)22(16(14)3)32(30,31)28-19-10-6-5-9-18(19)23(29)27-24-25-20-11-7-8-12-21(20)26-24/h5-13,28H,1-4H3,(H2,25,26,27,29). The van der Waals surface area contributed by atoms with Gasteiger partial charge in [-0.25, -0.2) is 13.4 Å². The third-order valence-electron chi connectivity index (χ3n) is 5.60. The van der Waals surface area contributed by atoms with Crippen molar-refractivity contribution in [3.05, 3.63) is 82.4 Å². The van der Waals surface area contributed by atoms with Crippen LogP contribution < -0.4 is 10.0 Å². The number of H-pyrrole nitrogens is 1. The van der Waals surface area contributed by atoms with Crippen molar-refractivity contribution >= 4 is 38.6 Å². The predicted octanol–water partition coefficient (Wildman–Crippen LogP) is 4.85. The maximum atomic E-state index is 13.3. The lowest BCUT2D eigenvalue weighted by molar-refractivity contribution is 0.102. The highest BCUT2D eigenvalue weighted by molar-refractivity contribution is 7.92. The molecule has 0 atom stereocenters. The molecule has 0 saturated carbocycles. The number of hydrogen-bond acceptors (Lipinski definition) is 4. The Morgan fingerprint density at radius 3 is 2.22 bits per heavy atom. The number of nitrogens with one attached hydrogen (secondary N) is 3. The first-order chi connectivity index (χ1) is 15.2. The second-order valence-corrected chi connectivity index (χ2v) is 9.42. The van der Waals surface area contributed by atoms with E-state index in [2.05, 4.69) is 20.0 Å². The summed E-state index contributed by atoms with van der Waals surface area (Å²) in [6, 6.07) is 15.9. The quantitative estimate of drug-likeness (QED) is 0.406. The largest absolute Gasteiger partial charge is 0.324 e. The van der Waals surface area contributed by atoms with Gasteiger partial charge in [0, 0.05) is 0 Å². The molecular formula is C24H24N4O3S. The van der Waals surface area contributed by atoms with Gasteiger partial charge < -0.3 is 4.98 Å². The van der Waals surface area contributed by atoms with Crippen LogP contribution in [-0.4, -0.2) is 24.3 Å². The number of hydrogen-bond donors (Lipinski definition) is 3. The molecule has 1 amide bonds. The van der Waals surface area contributed by atoms with E-state index in [1.165, 1.54) is 0 Å². The summed E-state index contributed by atoms with van der Waals surface area (Å²) in [4.78, 5) is 20.6. The molecule has 0 aliphatic heterocycles. The Labute approximate surface area is 187 Å². The molecule has 1 heterocycles. The molecule has 164 valence electrons. The molecule has 0 aliphatic rings. The van der Waals surface area contributed by atoms with E-state index in [9.17, 15) is 13.2 Å². The van der Waals surface area contributed by atoms with Crippen molar-refractivity contribution in [3.63, 3.8) is 0 Å². The van der Waals surface area contributed by atoms with Crippen molar-refractivity contribution in [1.82, 2.24) is 9.97 Å². The average Bonchev–Trinajstić information content (AvgIpc) is 3.14. The fourth-order valence-electron chi connectivity index (χ4n) is 3.74. The normalized spacial score (nSPS) is 11.5. The summed E-state index contributed by atoms with van der Waals surface area (Å²) >= 11 is 0. The Balaban J connectivity index is 1.67. The minimum Gasteiger partial charge on any atom is -0.324 e. The van der Waals surface area contributed by atoms with Crippen LogP contribution in [0.3, 0.4) is 0 Å². The summed E-state index contributed by atoms with van der Waals surface area (Å²) in [5, 5.41) is 2.71. The monoisotopic (exact) mass is 448 g/mol. The summed E-state index contributed by atoms with van der Waals surface area (Å²) in [6.07, 6.45) is 0. The van der Waals surface area contributed by atoms with Gasteiger partial charge in [0.2, 0.25) is 5.95 Å². The van der Waals surface area contributed by atoms with E-state index in [0.717, 1.165) is 22.2 Å². The van der Waals surface area contributed by atoms with Crippen molar-refractivity contribution in [2.45, 2.75) is 32.6 Å². The molecule has 8 heteroatoms. The zero-order valence-corrected chi connectivity index (χ0v) is 19.1. The molecule has 0 unspecified atom stereocenters. The van der Waals surface area contributed by atoms with E-state index in [-0.39, 0.29) is 22.1 Å². The van der Waals surface area contributed by atoms with Crippen LogP contribution in [0, 0.1) is 27.7 Å². The number of sulfonamides is 1. The van der Waals surface area contributed by atoms with Gasteiger partial charge in [0.1, 0.15) is 0 Å². The highest BCUT2D eigenvalue weighted by Crippen LogP contribution is 2.29. The molecular weight excluding hydrogens is 424 g/mol. The number of benzene rings is 3. The van der Waals surface area contributed by atoms with Gasteiger partial charge in [-0.1, -0.05) is 30.3 Å². The number of anilines is 2. The van der Waals surface area contributed by atoms with Gasteiger partial charge in [0.15, 0.2) is 0 Å². The van der Waals surface area contributed by atoms with Crippen LogP contribution >= 0.6 is 0 Å². The molecule has 1 aromatic heterocycles. The van der Waals surface area contributed by atoms with Gasteiger partial charge in [-0.05, 0) is 74.2 Å². The summed E-state index contributed by atoms with van der Waals surface area (Å²) in [5.41, 5.74) is 5.05. The Bertz CT molecular complexity index is 1400. The topological polar surface area (TPSA) is 104 Å². The van der Waals surface area contributed by atoms with Crippen LogP contribution in [0.15, 0.2) is 59.5 Å². The van der Waals surface area contributed by atoms with Crippen LogP contribution in [0.1, 0.15) is 32.6 Å². The third kappa shape index (κ3) is 3.97. The number of imidazole rings is 1. The molecule has 7 nitrogen and oxygen atoms in total. The molecule has 4 aromatic rings. The number of aromatic nitrogens is 2. The van der Waals surface area contributed by atoms with Crippen molar-refractivity contribution in [2.75, 3.05) is 10.0 Å². The number of aryl methyl sites for hydroxylation is 2. The molecule has 0 bridgehead atoms. The van der Waals surface area contributed by atoms with Gasteiger partial charge in [-0.3, -0.25) is 14.8 Å². The molecule has 32 heavy (non-hydrogen) atoms. The number of fused-ring (bicyclic) bond motifs is 1. The first-order valence-corrected chi connectivity index (χ1v) is 11.6. The molecule has 3 aromatic carbocycles. The number of carbonyl (C=O) groups is 1. The number of amides is 1. The van der Waals surface area contributed by atoms with Crippen molar-refractivity contribution in [1.29, 1.82) is 0 Å². The van der Waals surface area contributed by atoms with E-state index < -0.39 is 15.9 Å². The average molecular weight is 449 g/mol. The molecule has 0 saturated heterocycles. The maximum Gasteiger partial charge on any atom is 0.262 e. The predicted molar refractivity (Wildman–Crippen MR) is 127 cm³/mol. The minimum atomic E-state index is -3.92. The molecule has 0 spiro atoms. The Kier molecular flexibility index (Phi) is 5.48. The van der Waals surface area contributed by atoms with Crippen molar-refractivity contribution < 1.29 is 13.2 Å². The number of rotatable bonds is 5. The number of aromatic amines is 1. The molecule has 3 N–H and O–H groups in total. The van der Waals surface area contributed by atoms with Crippen LogP contribution in [0.25, 0.3) is 11.0 Å². The highest BCUT2D eigenvalue weighted by Gasteiger charge is 2.24. The molecule has 4 rings (SSSR count). The maximum absolute atomic E-state index is 13.3. The van der Waals surface area contributed by atoms with E-state index in [0.29, 0.717) is 11.1 Å². The lowest BCUT2D eigenvalue weighted by atomic mass is 10.0. The zero-order valence-electron chi connectivity index (χ0n) is 18.3. The second-order valence-electron chi connectivity index (χ2n) is 7.80. The van der Waals surface area contributed by atoms with Gasteiger partial charge in [0.25, 0.3) is 15.9 Å². The lowest BCUT2D eigenvalue weighted by Crippen LogP contribution is -2.20. The number of nitrogens with zero attached hydrogens (tertiary/aromatic N) is 1. The summed E-state index contributed by atoms with van der Waals surface area (Å²) in [6.45, 7) is 7.35. The van der Waals surface area contributed by atoms with Crippen LogP contribution in [0.2, 0.25) is 0 Å². The lowest BCUT2D eigenvalue weighted by Gasteiger charge is -2.18. The Hall–Kier alpha value is -3.65. The first-order valence-electron chi connectivity index (χ1n) is 10.1. The SMILES string of the molecule is Cc1cc(C)c(C)c(S(=O)(=O)Nc2ccccc2C(=O)Nc2nc3ccccc3[nH]2)c1C. The second kappa shape index (κ2) is 8.12. The number of carbonyl (C=O) groups excluding carboxylic acids is 1. The van der Waals surface area contributed by atoms with E-state index in [1.54, 1.807) is 38.1 Å². The summed E-state index contributed by atoms with van der Waals surface area (Å²) in [5.74, 6) is -0.189. The number of para-hydroxylation sites is 3. The summed E-state index contributed by atoms with van der Waals surface area (Å²) < 4.78 is 29.3. The van der Waals surface area contributed by atoms with Gasteiger partial charge >= 0.3 is 0 Å². The molecule has 0 aliphatic carbocycles. The van der Waals surface area contributed by atoms with Crippen LogP contribution in [0.4, 0.5) is 11.6 Å².